The number of hydrogen-bond acceptors (Lipinski definition) is 7. The molecule has 228 valence electrons. The van der Waals surface area contributed by atoms with Gasteiger partial charge in [-0.2, -0.15) is 0 Å². The minimum absolute atomic E-state index is 0.101. The quantitative estimate of drug-likeness (QED) is 0.235. The van der Waals surface area contributed by atoms with Gasteiger partial charge >= 0.3 is 0 Å². The Morgan fingerprint density at radius 2 is 1.74 bits per heavy atom. The molecular weight excluding hydrogens is 566 g/mol. The highest BCUT2D eigenvalue weighted by Crippen LogP contribution is 2.38. The first-order valence-electron chi connectivity index (χ1n) is 14.6. The number of fused-ring (bicyclic) bond motifs is 1. The number of amides is 1. The van der Waals surface area contributed by atoms with E-state index < -0.39 is 0 Å². The Bertz CT molecular complexity index is 1480. The van der Waals surface area contributed by atoms with Gasteiger partial charge in [0, 0.05) is 49.7 Å². The summed E-state index contributed by atoms with van der Waals surface area (Å²) in [7, 11) is 6.47. The van der Waals surface area contributed by atoms with E-state index in [0.29, 0.717) is 34.4 Å². The molecule has 1 amide bonds. The number of carbonyl (C=O) groups is 1. The lowest BCUT2D eigenvalue weighted by molar-refractivity contribution is 0.0782. The molecule has 9 nitrogen and oxygen atoms in total. The van der Waals surface area contributed by atoms with Crippen LogP contribution in [0, 0.1) is 0 Å². The van der Waals surface area contributed by atoms with Crippen LogP contribution in [0.25, 0.3) is 11.0 Å². The Labute approximate surface area is 258 Å². The third kappa shape index (κ3) is 7.17. The van der Waals surface area contributed by atoms with Crippen LogP contribution in [0.4, 0.5) is 5.95 Å². The number of aromatic amines is 1. The lowest BCUT2D eigenvalue weighted by Gasteiger charge is -2.28. The zero-order valence-electron chi connectivity index (χ0n) is 25.3. The van der Waals surface area contributed by atoms with Crippen LogP contribution >= 0.6 is 11.6 Å². The largest absolute Gasteiger partial charge is 0.493 e. The van der Waals surface area contributed by atoms with Gasteiger partial charge in [-0.15, -0.1) is 0 Å². The van der Waals surface area contributed by atoms with Crippen molar-refractivity contribution in [3.63, 3.8) is 0 Å². The van der Waals surface area contributed by atoms with E-state index in [1.54, 1.807) is 38.4 Å². The number of nitrogens with one attached hydrogen (secondary N) is 1. The Morgan fingerprint density at radius 1 is 0.977 bits per heavy atom. The van der Waals surface area contributed by atoms with E-state index in [0.717, 1.165) is 68.1 Å². The van der Waals surface area contributed by atoms with E-state index in [2.05, 4.69) is 26.9 Å². The summed E-state index contributed by atoms with van der Waals surface area (Å²) >= 11 is 6.41. The van der Waals surface area contributed by atoms with Gasteiger partial charge in [-0.05, 0) is 67.9 Å². The number of nitrogens with zero attached hydrogens (tertiary/aromatic N) is 4. The van der Waals surface area contributed by atoms with E-state index >= 15 is 0 Å². The number of ether oxygens (including phenoxy) is 3. The van der Waals surface area contributed by atoms with Gasteiger partial charge in [-0.25, -0.2) is 4.98 Å². The summed E-state index contributed by atoms with van der Waals surface area (Å²) in [5.41, 5.74) is 3.65. The summed E-state index contributed by atoms with van der Waals surface area (Å²) in [6.07, 6.45) is 1.94. The number of likely N-dealkylation sites (N-methyl/N-ethyl adjacent to an activating group) is 1. The third-order valence-corrected chi connectivity index (χ3v) is 8.37. The van der Waals surface area contributed by atoms with Crippen molar-refractivity contribution in [3.05, 3.63) is 76.8 Å². The van der Waals surface area contributed by atoms with Crippen LogP contribution < -0.4 is 19.1 Å². The van der Waals surface area contributed by atoms with Crippen LogP contribution in [0.15, 0.2) is 60.7 Å². The van der Waals surface area contributed by atoms with Gasteiger partial charge in [0.1, 0.15) is 0 Å². The van der Waals surface area contributed by atoms with Crippen molar-refractivity contribution < 1.29 is 19.0 Å². The Kier molecular flexibility index (Phi) is 9.94. The second-order valence-corrected chi connectivity index (χ2v) is 11.3. The summed E-state index contributed by atoms with van der Waals surface area (Å²) in [5, 5.41) is 0.692. The number of methoxy groups -OCH3 is 3. The maximum absolute atomic E-state index is 13.6. The van der Waals surface area contributed by atoms with Gasteiger partial charge < -0.3 is 33.9 Å². The second-order valence-electron chi connectivity index (χ2n) is 10.9. The number of benzene rings is 3. The molecule has 0 bridgehead atoms. The fraction of sp³-hybridized carbons (Fsp3) is 0.394. The minimum atomic E-state index is -0.123. The molecule has 10 heteroatoms. The number of para-hydroxylation sites is 2. The number of anilines is 1. The van der Waals surface area contributed by atoms with Crippen molar-refractivity contribution in [3.8, 4) is 17.2 Å². The molecule has 3 aromatic carbocycles. The van der Waals surface area contributed by atoms with Gasteiger partial charge in [-0.1, -0.05) is 35.9 Å². The molecule has 43 heavy (non-hydrogen) atoms. The maximum Gasteiger partial charge on any atom is 0.253 e. The summed E-state index contributed by atoms with van der Waals surface area (Å²) in [6.45, 7) is 5.27. The van der Waals surface area contributed by atoms with Crippen LogP contribution in [0.2, 0.25) is 5.02 Å². The van der Waals surface area contributed by atoms with Gasteiger partial charge in [0.05, 0.1) is 32.4 Å². The molecular formula is C33H40ClN5O4. The van der Waals surface area contributed by atoms with Gasteiger partial charge in [0.2, 0.25) is 11.7 Å². The third-order valence-electron chi connectivity index (χ3n) is 8.13. The number of imidazole rings is 1. The number of H-pyrrole nitrogens is 1. The summed E-state index contributed by atoms with van der Waals surface area (Å²) in [6, 6.07) is 19.5. The first-order chi connectivity index (χ1) is 20.9. The lowest BCUT2D eigenvalue weighted by atomic mass is 9.94. The lowest BCUT2D eigenvalue weighted by Crippen LogP contribution is -2.35. The van der Waals surface area contributed by atoms with Crippen molar-refractivity contribution in [2.75, 3.05) is 72.5 Å². The number of rotatable bonds is 11. The van der Waals surface area contributed by atoms with E-state index in [4.69, 9.17) is 30.8 Å². The van der Waals surface area contributed by atoms with Crippen molar-refractivity contribution in [2.45, 2.75) is 18.8 Å². The van der Waals surface area contributed by atoms with Crippen LogP contribution in [0.3, 0.4) is 0 Å². The predicted molar refractivity (Wildman–Crippen MR) is 171 cm³/mol. The van der Waals surface area contributed by atoms with E-state index in [-0.39, 0.29) is 11.8 Å². The van der Waals surface area contributed by atoms with Crippen molar-refractivity contribution >= 4 is 34.5 Å². The molecule has 2 heterocycles. The number of aromatic nitrogens is 2. The molecule has 1 aromatic heterocycles. The highest BCUT2D eigenvalue weighted by atomic mass is 35.5. The number of carbonyl (C=O) groups excluding carboxylic acids is 1. The van der Waals surface area contributed by atoms with Crippen molar-refractivity contribution in [2.24, 2.45) is 0 Å². The molecule has 1 aliphatic heterocycles. The average molecular weight is 606 g/mol. The van der Waals surface area contributed by atoms with Crippen LogP contribution in [0.1, 0.15) is 34.7 Å². The SMILES string of the molecule is COc1cc(C(=O)N(C)CC(CCN2CCCN(c3nc4ccccc4[nH]3)CC2)c2cccc(Cl)c2)cc(OC)c1OC. The first kappa shape index (κ1) is 30.5. The highest BCUT2D eigenvalue weighted by Gasteiger charge is 2.24. The first-order valence-corrected chi connectivity index (χ1v) is 15.0. The molecule has 5 rings (SSSR count). The molecule has 0 spiro atoms. The molecule has 0 radical (unpaired) electrons. The van der Waals surface area contributed by atoms with E-state index in [1.165, 1.54) is 0 Å². The fourth-order valence-corrected chi connectivity index (χ4v) is 5.99. The molecule has 1 N–H and O–H groups in total. The Morgan fingerprint density at radius 3 is 2.44 bits per heavy atom. The molecule has 1 saturated heterocycles. The fourth-order valence-electron chi connectivity index (χ4n) is 5.80. The molecule has 4 aromatic rings. The standard InChI is InChI=1S/C33H40ClN5O4/c1-37(32(40)25-20-29(41-2)31(43-4)30(21-25)42-3)22-24(23-9-7-10-26(34)19-23)13-16-38-14-8-15-39(18-17-38)33-35-27-11-5-6-12-28(27)36-33/h5-7,9-12,19-21,24H,8,13-18,22H2,1-4H3,(H,35,36). The topological polar surface area (TPSA) is 83.2 Å². The normalized spacial score (nSPS) is 14.8. The van der Waals surface area contributed by atoms with Crippen molar-refractivity contribution in [1.29, 1.82) is 0 Å². The summed E-state index contributed by atoms with van der Waals surface area (Å²) in [5.74, 6) is 2.27. The minimum Gasteiger partial charge on any atom is -0.493 e. The van der Waals surface area contributed by atoms with Gasteiger partial charge in [0.15, 0.2) is 11.5 Å². The van der Waals surface area contributed by atoms with E-state index in [9.17, 15) is 4.79 Å². The molecule has 0 saturated carbocycles. The summed E-state index contributed by atoms with van der Waals surface area (Å²) in [4.78, 5) is 28.5. The zero-order chi connectivity index (χ0) is 30.3. The molecule has 1 atom stereocenters. The predicted octanol–water partition coefficient (Wildman–Crippen LogP) is 5.70. The maximum atomic E-state index is 13.6. The molecule has 1 aliphatic rings. The average Bonchev–Trinajstić information content (AvgIpc) is 3.32. The number of halogens is 1. The highest BCUT2D eigenvalue weighted by molar-refractivity contribution is 6.30. The van der Waals surface area contributed by atoms with Crippen LogP contribution in [0.5, 0.6) is 17.2 Å². The van der Waals surface area contributed by atoms with Crippen LogP contribution in [-0.2, 0) is 0 Å². The zero-order valence-corrected chi connectivity index (χ0v) is 26.1. The Hall–Kier alpha value is -3.95. The Balaban J connectivity index is 1.27. The molecule has 1 unspecified atom stereocenters. The van der Waals surface area contributed by atoms with E-state index in [1.807, 2.05) is 43.4 Å². The second kappa shape index (κ2) is 14.0. The van der Waals surface area contributed by atoms with Crippen LogP contribution in [-0.4, -0.2) is 93.3 Å². The molecule has 1 fully saturated rings. The monoisotopic (exact) mass is 605 g/mol. The molecule has 0 aliphatic carbocycles. The van der Waals surface area contributed by atoms with Gasteiger partial charge in [-0.3, -0.25) is 4.79 Å². The van der Waals surface area contributed by atoms with Crippen molar-refractivity contribution in [1.82, 2.24) is 19.8 Å². The summed E-state index contributed by atoms with van der Waals surface area (Å²) < 4.78 is 16.4. The van der Waals surface area contributed by atoms with Gasteiger partial charge in [0.25, 0.3) is 5.91 Å². The smallest absolute Gasteiger partial charge is 0.253 e. The number of hydrogen-bond donors (Lipinski definition) is 1.